The maximum Gasteiger partial charge on any atom is 0.236 e. The SMILES string of the molecule is Cc1nn(C(C)C)c(OCc2ccccc2Br)c1N. The molecular formula is C14H18BrN3O. The summed E-state index contributed by atoms with van der Waals surface area (Å²) < 4.78 is 8.71. The molecule has 0 bridgehead atoms. The van der Waals surface area contributed by atoms with E-state index in [1.165, 1.54) is 0 Å². The van der Waals surface area contributed by atoms with Gasteiger partial charge in [0.15, 0.2) is 0 Å². The Labute approximate surface area is 121 Å². The van der Waals surface area contributed by atoms with Gasteiger partial charge in [0.2, 0.25) is 5.88 Å². The number of aryl methyl sites for hydroxylation is 1. The summed E-state index contributed by atoms with van der Waals surface area (Å²) in [5, 5.41) is 4.40. The number of hydrogen-bond donors (Lipinski definition) is 1. The number of anilines is 1. The van der Waals surface area contributed by atoms with Gasteiger partial charge in [-0.3, -0.25) is 0 Å². The number of hydrogen-bond acceptors (Lipinski definition) is 3. The Balaban J connectivity index is 2.22. The van der Waals surface area contributed by atoms with Crippen LogP contribution in [0, 0.1) is 6.92 Å². The molecule has 2 aromatic rings. The van der Waals surface area contributed by atoms with Crippen molar-refractivity contribution < 1.29 is 4.74 Å². The average molecular weight is 324 g/mol. The van der Waals surface area contributed by atoms with Crippen LogP contribution in [-0.2, 0) is 6.61 Å². The maximum atomic E-state index is 6.02. The van der Waals surface area contributed by atoms with E-state index >= 15 is 0 Å². The number of nitrogens with two attached hydrogens (primary N) is 1. The molecule has 0 spiro atoms. The third kappa shape index (κ3) is 2.92. The Hall–Kier alpha value is -1.49. The average Bonchev–Trinajstić information content (AvgIpc) is 2.65. The summed E-state index contributed by atoms with van der Waals surface area (Å²) >= 11 is 3.51. The highest BCUT2D eigenvalue weighted by molar-refractivity contribution is 9.10. The summed E-state index contributed by atoms with van der Waals surface area (Å²) in [6.45, 7) is 6.46. The molecule has 2 N–H and O–H groups in total. The zero-order valence-electron chi connectivity index (χ0n) is 11.4. The van der Waals surface area contributed by atoms with Gasteiger partial charge in [-0.25, -0.2) is 4.68 Å². The molecule has 1 aromatic heterocycles. The van der Waals surface area contributed by atoms with Crippen molar-refractivity contribution >= 4 is 21.6 Å². The topological polar surface area (TPSA) is 53.1 Å². The molecule has 0 saturated heterocycles. The van der Waals surface area contributed by atoms with Crippen molar-refractivity contribution in [3.63, 3.8) is 0 Å². The van der Waals surface area contributed by atoms with E-state index in [-0.39, 0.29) is 6.04 Å². The molecule has 19 heavy (non-hydrogen) atoms. The van der Waals surface area contributed by atoms with E-state index in [1.54, 1.807) is 0 Å². The molecule has 0 atom stereocenters. The van der Waals surface area contributed by atoms with E-state index in [0.717, 1.165) is 15.7 Å². The quantitative estimate of drug-likeness (QED) is 0.933. The van der Waals surface area contributed by atoms with Gasteiger partial charge < -0.3 is 10.5 Å². The first kappa shape index (κ1) is 13.9. The van der Waals surface area contributed by atoms with Crippen molar-refractivity contribution in [2.45, 2.75) is 33.4 Å². The molecule has 1 heterocycles. The molecule has 0 saturated carbocycles. The highest BCUT2D eigenvalue weighted by atomic mass is 79.9. The van der Waals surface area contributed by atoms with Crippen molar-refractivity contribution in [1.29, 1.82) is 0 Å². The van der Waals surface area contributed by atoms with Gasteiger partial charge in [-0.05, 0) is 26.8 Å². The number of nitrogen functional groups attached to an aromatic ring is 1. The molecule has 0 unspecified atom stereocenters. The van der Waals surface area contributed by atoms with E-state index in [1.807, 2.05) is 35.9 Å². The lowest BCUT2D eigenvalue weighted by atomic mass is 10.2. The van der Waals surface area contributed by atoms with Crippen LogP contribution in [0.3, 0.4) is 0 Å². The van der Waals surface area contributed by atoms with Crippen LogP contribution in [0.25, 0.3) is 0 Å². The summed E-state index contributed by atoms with van der Waals surface area (Å²) in [6.07, 6.45) is 0. The van der Waals surface area contributed by atoms with E-state index in [2.05, 4.69) is 34.9 Å². The lowest BCUT2D eigenvalue weighted by molar-refractivity contribution is 0.266. The van der Waals surface area contributed by atoms with Gasteiger partial charge in [-0.15, -0.1) is 0 Å². The molecule has 2 rings (SSSR count). The molecule has 4 nitrogen and oxygen atoms in total. The Morgan fingerprint density at radius 3 is 2.68 bits per heavy atom. The summed E-state index contributed by atoms with van der Waals surface area (Å²) in [6, 6.07) is 8.18. The van der Waals surface area contributed by atoms with Crippen LogP contribution in [0.4, 0.5) is 5.69 Å². The second-order valence-electron chi connectivity index (χ2n) is 4.72. The maximum absolute atomic E-state index is 6.02. The minimum absolute atomic E-state index is 0.213. The lowest BCUT2D eigenvalue weighted by Gasteiger charge is -2.13. The third-order valence-corrected chi connectivity index (χ3v) is 3.67. The van der Waals surface area contributed by atoms with Gasteiger partial charge in [0, 0.05) is 10.0 Å². The fourth-order valence-electron chi connectivity index (χ4n) is 1.79. The number of rotatable bonds is 4. The molecule has 0 aliphatic rings. The third-order valence-electron chi connectivity index (χ3n) is 2.90. The van der Waals surface area contributed by atoms with Crippen LogP contribution in [-0.4, -0.2) is 9.78 Å². The number of halogens is 1. The highest BCUT2D eigenvalue weighted by Gasteiger charge is 2.16. The second-order valence-corrected chi connectivity index (χ2v) is 5.58. The molecule has 1 aromatic carbocycles. The zero-order valence-corrected chi connectivity index (χ0v) is 12.9. The molecule has 5 heteroatoms. The number of nitrogens with zero attached hydrogens (tertiary/aromatic N) is 2. The van der Waals surface area contributed by atoms with Crippen LogP contribution >= 0.6 is 15.9 Å². The van der Waals surface area contributed by atoms with E-state index < -0.39 is 0 Å². The van der Waals surface area contributed by atoms with Crippen LogP contribution in [0.15, 0.2) is 28.7 Å². The van der Waals surface area contributed by atoms with Crippen molar-refractivity contribution in [3.05, 3.63) is 40.0 Å². The van der Waals surface area contributed by atoms with Crippen molar-refractivity contribution in [3.8, 4) is 5.88 Å². The fraction of sp³-hybridized carbons (Fsp3) is 0.357. The first-order chi connectivity index (χ1) is 9.00. The van der Waals surface area contributed by atoms with E-state index in [4.69, 9.17) is 10.5 Å². The summed E-state index contributed by atoms with van der Waals surface area (Å²) in [4.78, 5) is 0. The van der Waals surface area contributed by atoms with Gasteiger partial charge in [0.05, 0.1) is 11.7 Å². The van der Waals surface area contributed by atoms with Gasteiger partial charge in [-0.2, -0.15) is 5.10 Å². The molecule has 0 aliphatic carbocycles. The van der Waals surface area contributed by atoms with Gasteiger partial charge in [-0.1, -0.05) is 34.1 Å². The molecule has 0 amide bonds. The Kier molecular flexibility index (Phi) is 4.14. The molecular weight excluding hydrogens is 306 g/mol. The number of benzene rings is 1. The zero-order chi connectivity index (χ0) is 14.0. The van der Waals surface area contributed by atoms with Crippen molar-refractivity contribution in [2.75, 3.05) is 5.73 Å². The minimum Gasteiger partial charge on any atom is -0.471 e. The predicted molar refractivity (Wildman–Crippen MR) is 80.2 cm³/mol. The van der Waals surface area contributed by atoms with E-state index in [9.17, 15) is 0 Å². The van der Waals surface area contributed by atoms with Crippen molar-refractivity contribution in [2.24, 2.45) is 0 Å². The van der Waals surface area contributed by atoms with Gasteiger partial charge in [0.1, 0.15) is 12.3 Å². The predicted octanol–water partition coefficient (Wildman–Crippen LogP) is 3.70. The Morgan fingerprint density at radius 2 is 2.05 bits per heavy atom. The van der Waals surface area contributed by atoms with Crippen LogP contribution < -0.4 is 10.5 Å². The minimum atomic E-state index is 0.213. The second kappa shape index (κ2) is 5.65. The summed E-state index contributed by atoms with van der Waals surface area (Å²) in [5.41, 5.74) is 8.52. The molecule has 0 fully saturated rings. The van der Waals surface area contributed by atoms with Crippen LogP contribution in [0.2, 0.25) is 0 Å². The fourth-order valence-corrected chi connectivity index (χ4v) is 2.19. The number of aromatic nitrogens is 2. The lowest BCUT2D eigenvalue weighted by Crippen LogP contribution is -2.08. The molecule has 0 radical (unpaired) electrons. The smallest absolute Gasteiger partial charge is 0.236 e. The highest BCUT2D eigenvalue weighted by Crippen LogP contribution is 2.29. The first-order valence-corrected chi connectivity index (χ1v) is 7.00. The normalized spacial score (nSPS) is 11.0. The Bertz CT molecular complexity index is 578. The van der Waals surface area contributed by atoms with Crippen LogP contribution in [0.5, 0.6) is 5.88 Å². The summed E-state index contributed by atoms with van der Waals surface area (Å²) in [5.74, 6) is 0.642. The largest absolute Gasteiger partial charge is 0.471 e. The number of ether oxygens (including phenoxy) is 1. The van der Waals surface area contributed by atoms with Gasteiger partial charge >= 0.3 is 0 Å². The van der Waals surface area contributed by atoms with Gasteiger partial charge in [0.25, 0.3) is 0 Å². The Morgan fingerprint density at radius 1 is 1.37 bits per heavy atom. The van der Waals surface area contributed by atoms with Crippen LogP contribution in [0.1, 0.15) is 31.1 Å². The summed E-state index contributed by atoms with van der Waals surface area (Å²) in [7, 11) is 0. The van der Waals surface area contributed by atoms with E-state index in [0.29, 0.717) is 18.2 Å². The standard InChI is InChI=1S/C14H18BrN3O/c1-9(2)18-14(13(16)10(3)17-18)19-8-11-6-4-5-7-12(11)15/h4-7,9H,8,16H2,1-3H3. The molecule has 102 valence electrons. The molecule has 0 aliphatic heterocycles. The first-order valence-electron chi connectivity index (χ1n) is 6.21. The monoisotopic (exact) mass is 323 g/mol. The van der Waals surface area contributed by atoms with Crippen molar-refractivity contribution in [1.82, 2.24) is 9.78 Å².